The topological polar surface area (TPSA) is 83.3 Å². The molecule has 2 heterocycles. The summed E-state index contributed by atoms with van der Waals surface area (Å²) < 4.78 is 13.9. The van der Waals surface area contributed by atoms with Crippen LogP contribution in [0.3, 0.4) is 0 Å². The van der Waals surface area contributed by atoms with Crippen LogP contribution in [0.1, 0.15) is 36.5 Å². The van der Waals surface area contributed by atoms with Crippen molar-refractivity contribution in [1.82, 2.24) is 15.2 Å². The smallest absolute Gasteiger partial charge is 0.254 e. The second-order valence-corrected chi connectivity index (χ2v) is 5.32. The molecule has 1 atom stereocenters. The van der Waals surface area contributed by atoms with Crippen LogP contribution in [-0.2, 0) is 0 Å². The van der Waals surface area contributed by atoms with Gasteiger partial charge in [-0.15, -0.1) is 0 Å². The Bertz CT molecular complexity index is 490. The Hall–Kier alpha value is -1.73. The summed E-state index contributed by atoms with van der Waals surface area (Å²) in [5, 5.41) is 2.77. The Balaban J connectivity index is 1.92. The lowest BCUT2D eigenvalue weighted by Crippen LogP contribution is -2.44. The number of pyridine rings is 1. The summed E-state index contributed by atoms with van der Waals surface area (Å²) in [6.45, 7) is 4.68. The van der Waals surface area contributed by atoms with Gasteiger partial charge in [0.05, 0.1) is 5.56 Å². The van der Waals surface area contributed by atoms with Gasteiger partial charge in [-0.2, -0.15) is 0 Å². The van der Waals surface area contributed by atoms with E-state index in [4.69, 9.17) is 5.84 Å². The van der Waals surface area contributed by atoms with Crippen LogP contribution in [0.5, 0.6) is 0 Å². The minimum Gasteiger partial charge on any atom is -0.350 e. The summed E-state index contributed by atoms with van der Waals surface area (Å²) >= 11 is 0. The fourth-order valence-corrected chi connectivity index (χ4v) is 2.54. The molecule has 0 aromatic carbocycles. The minimum absolute atomic E-state index is 0.0520. The Labute approximate surface area is 123 Å². The number of carbonyl (C=O) groups excluding carboxylic acids is 1. The Morgan fingerprint density at radius 2 is 2.19 bits per heavy atom. The maximum atomic E-state index is 13.9. The quantitative estimate of drug-likeness (QED) is 0.560. The van der Waals surface area contributed by atoms with Crippen LogP contribution in [0.15, 0.2) is 12.3 Å². The third-order valence-corrected chi connectivity index (χ3v) is 3.84. The lowest BCUT2D eigenvalue weighted by Gasteiger charge is -2.32. The van der Waals surface area contributed by atoms with Gasteiger partial charge >= 0.3 is 0 Å². The number of nitrogens with two attached hydrogens (primary N) is 1. The van der Waals surface area contributed by atoms with E-state index in [1.165, 1.54) is 31.5 Å². The lowest BCUT2D eigenvalue weighted by atomic mass is 10.1. The second kappa shape index (κ2) is 7.33. The number of hydrazine groups is 1. The van der Waals surface area contributed by atoms with Crippen molar-refractivity contribution in [2.45, 2.75) is 32.2 Å². The summed E-state index contributed by atoms with van der Waals surface area (Å²) in [6, 6.07) is 1.59. The van der Waals surface area contributed by atoms with Gasteiger partial charge in [0.15, 0.2) is 11.6 Å². The van der Waals surface area contributed by atoms with Crippen molar-refractivity contribution >= 4 is 11.7 Å². The third kappa shape index (κ3) is 3.89. The molecule has 1 aliphatic heterocycles. The highest BCUT2D eigenvalue weighted by atomic mass is 19.1. The van der Waals surface area contributed by atoms with E-state index in [1.54, 1.807) is 0 Å². The van der Waals surface area contributed by atoms with Crippen LogP contribution in [0, 0.1) is 5.82 Å². The summed E-state index contributed by atoms with van der Waals surface area (Å²) in [5.74, 6) is 3.83. The molecule has 0 radical (unpaired) electrons. The zero-order chi connectivity index (χ0) is 15.2. The highest BCUT2D eigenvalue weighted by Crippen LogP contribution is 2.14. The predicted molar refractivity (Wildman–Crippen MR) is 79.2 cm³/mol. The SMILES string of the molecule is CC(CNC(=O)c1ccnc(NN)c1F)N1CCCCC1. The number of amides is 1. The molecule has 1 fully saturated rings. The summed E-state index contributed by atoms with van der Waals surface area (Å²) in [7, 11) is 0. The predicted octanol–water partition coefficient (Wildman–Crippen LogP) is 1.11. The molecule has 0 saturated carbocycles. The molecule has 1 aromatic rings. The average Bonchev–Trinajstić information content (AvgIpc) is 2.53. The Kier molecular flexibility index (Phi) is 5.46. The van der Waals surface area contributed by atoms with E-state index >= 15 is 0 Å². The molecule has 1 unspecified atom stereocenters. The van der Waals surface area contributed by atoms with E-state index in [-0.39, 0.29) is 17.4 Å². The number of rotatable bonds is 5. The van der Waals surface area contributed by atoms with Crippen molar-refractivity contribution < 1.29 is 9.18 Å². The average molecular weight is 295 g/mol. The molecule has 2 rings (SSSR count). The number of piperidine rings is 1. The van der Waals surface area contributed by atoms with E-state index in [9.17, 15) is 9.18 Å². The third-order valence-electron chi connectivity index (χ3n) is 3.84. The number of nitrogens with zero attached hydrogens (tertiary/aromatic N) is 2. The van der Waals surface area contributed by atoms with E-state index in [0.29, 0.717) is 6.54 Å². The first kappa shape index (κ1) is 15.7. The Morgan fingerprint density at radius 1 is 1.48 bits per heavy atom. The molecule has 21 heavy (non-hydrogen) atoms. The fourth-order valence-electron chi connectivity index (χ4n) is 2.54. The van der Waals surface area contributed by atoms with Gasteiger partial charge in [0.1, 0.15) is 0 Å². The largest absolute Gasteiger partial charge is 0.350 e. The minimum atomic E-state index is -0.733. The lowest BCUT2D eigenvalue weighted by molar-refractivity contribution is 0.0926. The number of hydrogen-bond donors (Lipinski definition) is 3. The number of anilines is 1. The molecule has 1 aliphatic rings. The molecule has 1 amide bonds. The van der Waals surface area contributed by atoms with Crippen molar-refractivity contribution in [3.63, 3.8) is 0 Å². The molecule has 1 saturated heterocycles. The maximum absolute atomic E-state index is 13.9. The van der Waals surface area contributed by atoms with Gasteiger partial charge in [0.25, 0.3) is 5.91 Å². The number of likely N-dealkylation sites (tertiary alicyclic amines) is 1. The molecule has 7 heteroatoms. The summed E-state index contributed by atoms with van der Waals surface area (Å²) in [4.78, 5) is 18.1. The van der Waals surface area contributed by atoms with E-state index < -0.39 is 11.7 Å². The molecule has 0 spiro atoms. The number of nitrogen functional groups attached to an aromatic ring is 1. The normalized spacial score (nSPS) is 17.3. The van der Waals surface area contributed by atoms with Crippen LogP contribution in [0.2, 0.25) is 0 Å². The van der Waals surface area contributed by atoms with Crippen molar-refractivity contribution in [2.75, 3.05) is 25.1 Å². The first-order valence-electron chi connectivity index (χ1n) is 7.27. The van der Waals surface area contributed by atoms with E-state index in [2.05, 4.69) is 27.6 Å². The van der Waals surface area contributed by atoms with Crippen LogP contribution >= 0.6 is 0 Å². The van der Waals surface area contributed by atoms with Crippen molar-refractivity contribution in [2.24, 2.45) is 5.84 Å². The van der Waals surface area contributed by atoms with Crippen LogP contribution in [0.25, 0.3) is 0 Å². The molecule has 116 valence electrons. The highest BCUT2D eigenvalue weighted by Gasteiger charge is 2.19. The molecular formula is C14H22FN5O. The molecule has 1 aromatic heterocycles. The Morgan fingerprint density at radius 3 is 2.86 bits per heavy atom. The standard InChI is InChI=1S/C14H22FN5O/c1-10(20-7-3-2-4-8-20)9-18-14(21)11-5-6-17-13(19-16)12(11)15/h5-6,10H,2-4,7-9,16H2,1H3,(H,17,19)(H,18,21). The zero-order valence-corrected chi connectivity index (χ0v) is 12.2. The highest BCUT2D eigenvalue weighted by molar-refractivity contribution is 5.95. The van der Waals surface area contributed by atoms with Gasteiger partial charge < -0.3 is 10.7 Å². The van der Waals surface area contributed by atoms with Crippen LogP contribution < -0.4 is 16.6 Å². The van der Waals surface area contributed by atoms with E-state index in [1.807, 2.05) is 0 Å². The van der Waals surface area contributed by atoms with Gasteiger partial charge in [-0.1, -0.05) is 6.42 Å². The molecule has 4 N–H and O–H groups in total. The van der Waals surface area contributed by atoms with Gasteiger partial charge in [0.2, 0.25) is 0 Å². The number of hydrogen-bond acceptors (Lipinski definition) is 5. The monoisotopic (exact) mass is 295 g/mol. The van der Waals surface area contributed by atoms with Gasteiger partial charge in [-0.3, -0.25) is 9.69 Å². The maximum Gasteiger partial charge on any atom is 0.254 e. The second-order valence-electron chi connectivity index (χ2n) is 5.32. The van der Waals surface area contributed by atoms with Crippen molar-refractivity contribution in [3.05, 3.63) is 23.6 Å². The number of nitrogens with one attached hydrogen (secondary N) is 2. The first-order valence-corrected chi connectivity index (χ1v) is 7.27. The number of aromatic nitrogens is 1. The van der Waals surface area contributed by atoms with Gasteiger partial charge in [-0.05, 0) is 38.9 Å². The first-order chi connectivity index (χ1) is 10.1. The van der Waals surface area contributed by atoms with Crippen LogP contribution in [0.4, 0.5) is 10.2 Å². The molecular weight excluding hydrogens is 273 g/mol. The van der Waals surface area contributed by atoms with Gasteiger partial charge in [-0.25, -0.2) is 15.2 Å². The van der Waals surface area contributed by atoms with Crippen molar-refractivity contribution in [1.29, 1.82) is 0 Å². The van der Waals surface area contributed by atoms with Crippen LogP contribution in [-0.4, -0.2) is 41.5 Å². The summed E-state index contributed by atoms with van der Waals surface area (Å²) in [6.07, 6.45) is 5.01. The molecule has 0 aliphatic carbocycles. The van der Waals surface area contributed by atoms with Gasteiger partial charge in [0, 0.05) is 18.8 Å². The zero-order valence-electron chi connectivity index (χ0n) is 12.2. The van der Waals surface area contributed by atoms with Crippen molar-refractivity contribution in [3.8, 4) is 0 Å². The molecule has 6 nitrogen and oxygen atoms in total. The van der Waals surface area contributed by atoms with E-state index in [0.717, 1.165) is 13.1 Å². The fraction of sp³-hybridized carbons (Fsp3) is 0.571. The molecule has 0 bridgehead atoms. The number of halogens is 1. The number of carbonyl (C=O) groups is 1. The summed E-state index contributed by atoms with van der Waals surface area (Å²) in [5.41, 5.74) is 2.08.